The Kier molecular flexibility index (Phi) is 5.28. The van der Waals surface area contributed by atoms with Gasteiger partial charge in [0.25, 0.3) is 5.91 Å². The second-order valence-corrected chi connectivity index (χ2v) is 7.40. The van der Waals surface area contributed by atoms with Crippen LogP contribution in [0, 0.1) is 5.82 Å². The minimum absolute atomic E-state index is 0.0711. The lowest BCUT2D eigenvalue weighted by Gasteiger charge is -2.10. The average molecular weight is 427 g/mol. The van der Waals surface area contributed by atoms with Crippen LogP contribution in [0.3, 0.4) is 0 Å². The van der Waals surface area contributed by atoms with E-state index in [1.807, 2.05) is 31.2 Å². The number of carbonyl (C=O) groups is 1. The largest absolute Gasteiger partial charge is 0.332 e. The van der Waals surface area contributed by atoms with Gasteiger partial charge in [-0.1, -0.05) is 42.5 Å². The first-order valence-electron chi connectivity index (χ1n) is 8.73. The molecule has 10 heteroatoms. The van der Waals surface area contributed by atoms with Crippen molar-refractivity contribution in [2.24, 2.45) is 0 Å². The Hall–Kier alpha value is -3.24. The molecule has 7 nitrogen and oxygen atoms in total. The Bertz CT molecular complexity index is 1220. The van der Waals surface area contributed by atoms with Gasteiger partial charge in [0.2, 0.25) is 4.96 Å². The molecule has 2 heterocycles. The Labute approximate surface area is 174 Å². The van der Waals surface area contributed by atoms with Gasteiger partial charge in [0.05, 0.1) is 5.56 Å². The molecule has 0 aliphatic carbocycles. The maximum Gasteiger partial charge on any atom is 0.260 e. The summed E-state index contributed by atoms with van der Waals surface area (Å²) in [5.74, 6) is -0.421. The second-order valence-electron chi connectivity index (χ2n) is 6.04. The molecule has 0 unspecified atom stereocenters. The van der Waals surface area contributed by atoms with Crippen LogP contribution >= 0.6 is 23.6 Å². The van der Waals surface area contributed by atoms with Gasteiger partial charge < -0.3 is 5.32 Å². The van der Waals surface area contributed by atoms with Gasteiger partial charge in [-0.05, 0) is 36.5 Å². The molecule has 4 aromatic rings. The van der Waals surface area contributed by atoms with Crippen molar-refractivity contribution < 1.29 is 9.18 Å². The molecule has 1 amide bonds. The third kappa shape index (κ3) is 3.98. The highest BCUT2D eigenvalue weighted by atomic mass is 32.1. The van der Waals surface area contributed by atoms with Gasteiger partial charge in [-0.2, -0.15) is 9.61 Å². The number of carbonyl (C=O) groups excluding carboxylic acids is 1. The summed E-state index contributed by atoms with van der Waals surface area (Å²) < 4.78 is 15.5. The number of amides is 1. The smallest absolute Gasteiger partial charge is 0.260 e. The first kappa shape index (κ1) is 19.1. The number of aryl methyl sites for hydroxylation is 1. The van der Waals surface area contributed by atoms with E-state index >= 15 is 0 Å². The molecule has 0 aliphatic heterocycles. The average Bonchev–Trinajstić information content (AvgIpc) is 3.29. The zero-order chi connectivity index (χ0) is 20.4. The summed E-state index contributed by atoms with van der Waals surface area (Å²) in [5.41, 5.74) is 1.47. The van der Waals surface area contributed by atoms with Gasteiger partial charge in [-0.3, -0.25) is 10.1 Å². The third-order valence-corrected chi connectivity index (χ3v) is 5.24. The fourth-order valence-corrected chi connectivity index (χ4v) is 3.77. The van der Waals surface area contributed by atoms with E-state index in [0.717, 1.165) is 27.8 Å². The number of thiocarbonyl (C=S) groups is 1. The maximum absolute atomic E-state index is 13.7. The minimum Gasteiger partial charge on any atom is -0.332 e. The summed E-state index contributed by atoms with van der Waals surface area (Å²) in [6.45, 7) is 2.00. The van der Waals surface area contributed by atoms with Gasteiger partial charge >= 0.3 is 0 Å². The van der Waals surface area contributed by atoms with Gasteiger partial charge in [0, 0.05) is 17.7 Å². The van der Waals surface area contributed by atoms with Crippen molar-refractivity contribution in [1.29, 1.82) is 0 Å². The molecule has 0 atom stereocenters. The van der Waals surface area contributed by atoms with E-state index in [0.29, 0.717) is 5.69 Å². The Morgan fingerprint density at radius 3 is 2.83 bits per heavy atom. The van der Waals surface area contributed by atoms with Crippen LogP contribution in [0.4, 0.5) is 10.1 Å². The van der Waals surface area contributed by atoms with Crippen LogP contribution < -0.4 is 10.6 Å². The molecule has 4 rings (SSSR count). The molecule has 0 radical (unpaired) electrons. The number of rotatable bonds is 4. The summed E-state index contributed by atoms with van der Waals surface area (Å²) in [5, 5.41) is 19.1. The van der Waals surface area contributed by atoms with Crippen LogP contribution in [0.2, 0.25) is 0 Å². The quantitative estimate of drug-likeness (QED) is 0.485. The fraction of sp³-hybridized carbons (Fsp3) is 0.105. The number of nitrogens with one attached hydrogen (secondary N) is 2. The van der Waals surface area contributed by atoms with Crippen molar-refractivity contribution in [2.75, 3.05) is 5.32 Å². The molecule has 0 spiro atoms. The molecule has 0 aliphatic rings. The molecule has 0 bridgehead atoms. The monoisotopic (exact) mass is 426 g/mol. The van der Waals surface area contributed by atoms with E-state index in [1.165, 1.54) is 29.5 Å². The fourth-order valence-electron chi connectivity index (χ4n) is 2.70. The third-order valence-electron chi connectivity index (χ3n) is 4.08. The molecule has 29 heavy (non-hydrogen) atoms. The van der Waals surface area contributed by atoms with E-state index < -0.39 is 11.7 Å². The van der Waals surface area contributed by atoms with E-state index in [4.69, 9.17) is 12.2 Å². The lowest BCUT2D eigenvalue weighted by Crippen LogP contribution is -2.34. The molecule has 2 aromatic carbocycles. The number of halogens is 1. The number of aromatic nitrogens is 4. The highest BCUT2D eigenvalue weighted by Crippen LogP contribution is 2.27. The number of hydrogen-bond acceptors (Lipinski definition) is 6. The van der Waals surface area contributed by atoms with Gasteiger partial charge in [0.1, 0.15) is 10.8 Å². The van der Waals surface area contributed by atoms with Crippen LogP contribution in [0.5, 0.6) is 0 Å². The zero-order valence-corrected chi connectivity index (χ0v) is 16.9. The lowest BCUT2D eigenvalue weighted by atomic mass is 10.2. The SMILES string of the molecule is CCc1nnc2sc(-c3cccc(NC(=S)NC(=O)c4ccccc4F)c3)nn12. The van der Waals surface area contributed by atoms with Crippen LogP contribution in [0.15, 0.2) is 48.5 Å². The van der Waals surface area contributed by atoms with Gasteiger partial charge in [-0.25, -0.2) is 4.39 Å². The number of anilines is 1. The molecular formula is C19H15FN6OS2. The molecule has 2 N–H and O–H groups in total. The topological polar surface area (TPSA) is 84.2 Å². The van der Waals surface area contributed by atoms with Crippen molar-refractivity contribution in [1.82, 2.24) is 25.1 Å². The second kappa shape index (κ2) is 8.02. The standard InChI is InChI=1S/C19H15FN6OS2/c1-2-15-23-24-19-26(15)25-17(29-19)11-6-5-7-12(10-11)21-18(28)22-16(27)13-8-3-4-9-14(13)20/h3-10H,2H2,1H3,(H2,21,22,27,28). The summed E-state index contributed by atoms with van der Waals surface area (Å²) in [4.78, 5) is 12.9. The van der Waals surface area contributed by atoms with E-state index in [2.05, 4.69) is 25.9 Å². The Morgan fingerprint density at radius 2 is 2.03 bits per heavy atom. The first-order valence-corrected chi connectivity index (χ1v) is 9.96. The van der Waals surface area contributed by atoms with Crippen molar-refractivity contribution in [2.45, 2.75) is 13.3 Å². The molecule has 0 saturated carbocycles. The highest BCUT2D eigenvalue weighted by molar-refractivity contribution is 7.80. The maximum atomic E-state index is 13.7. The predicted octanol–water partition coefficient (Wildman–Crippen LogP) is 3.68. The van der Waals surface area contributed by atoms with Crippen molar-refractivity contribution in [3.8, 4) is 10.6 Å². The van der Waals surface area contributed by atoms with Gasteiger partial charge in [-0.15, -0.1) is 10.2 Å². The van der Waals surface area contributed by atoms with Crippen LogP contribution in [-0.4, -0.2) is 30.8 Å². The molecule has 0 fully saturated rings. The van der Waals surface area contributed by atoms with Crippen molar-refractivity contribution >= 4 is 45.2 Å². The first-order chi connectivity index (χ1) is 14.0. The van der Waals surface area contributed by atoms with Crippen LogP contribution in [0.1, 0.15) is 23.1 Å². The van der Waals surface area contributed by atoms with Crippen molar-refractivity contribution in [3.63, 3.8) is 0 Å². The van der Waals surface area contributed by atoms with Gasteiger partial charge in [0.15, 0.2) is 10.9 Å². The number of benzene rings is 2. The number of nitrogens with zero attached hydrogens (tertiary/aromatic N) is 4. The Morgan fingerprint density at radius 1 is 1.21 bits per heavy atom. The minimum atomic E-state index is -0.613. The lowest BCUT2D eigenvalue weighted by molar-refractivity contribution is 0.0974. The van der Waals surface area contributed by atoms with Crippen LogP contribution in [0.25, 0.3) is 15.5 Å². The van der Waals surface area contributed by atoms with Crippen LogP contribution in [-0.2, 0) is 6.42 Å². The highest BCUT2D eigenvalue weighted by Gasteiger charge is 2.14. The molecule has 2 aromatic heterocycles. The van der Waals surface area contributed by atoms with E-state index in [9.17, 15) is 9.18 Å². The zero-order valence-electron chi connectivity index (χ0n) is 15.2. The molecular weight excluding hydrogens is 411 g/mol. The normalized spacial score (nSPS) is 10.8. The van der Waals surface area contributed by atoms with E-state index in [-0.39, 0.29) is 10.7 Å². The number of hydrogen-bond donors (Lipinski definition) is 2. The summed E-state index contributed by atoms with van der Waals surface area (Å²) in [6.07, 6.45) is 0.738. The predicted molar refractivity (Wildman–Crippen MR) is 114 cm³/mol. The Balaban J connectivity index is 1.49. The summed E-state index contributed by atoms with van der Waals surface area (Å²) >= 11 is 6.62. The van der Waals surface area contributed by atoms with Crippen molar-refractivity contribution in [3.05, 3.63) is 65.7 Å². The summed E-state index contributed by atoms with van der Waals surface area (Å²) in [6, 6.07) is 13.2. The molecule has 0 saturated heterocycles. The van der Waals surface area contributed by atoms with E-state index in [1.54, 1.807) is 10.6 Å². The molecule has 146 valence electrons. The summed E-state index contributed by atoms with van der Waals surface area (Å²) in [7, 11) is 0. The number of fused-ring (bicyclic) bond motifs is 1.